The second-order valence-corrected chi connectivity index (χ2v) is 6.30. The molecule has 2 atom stereocenters. The van der Waals surface area contributed by atoms with Crippen LogP contribution in [0, 0.1) is 5.92 Å². The first-order chi connectivity index (χ1) is 10.1. The van der Waals surface area contributed by atoms with Crippen molar-refractivity contribution >= 4 is 5.84 Å². The maximum absolute atomic E-state index is 8.81. The highest BCUT2D eigenvalue weighted by Crippen LogP contribution is 2.36. The average Bonchev–Trinajstić information content (AvgIpc) is 2.52. The molecule has 6 nitrogen and oxygen atoms in total. The SMILES string of the molecule is CCN(CC(C)C(N)=NO)C1CCOC2(CCOCC2)C1. The zero-order valence-electron chi connectivity index (χ0n) is 13.3. The summed E-state index contributed by atoms with van der Waals surface area (Å²) in [6.07, 6.45) is 4.11. The van der Waals surface area contributed by atoms with Crippen molar-refractivity contribution in [3.05, 3.63) is 0 Å². The van der Waals surface area contributed by atoms with Gasteiger partial charge in [-0.05, 0) is 32.2 Å². The highest BCUT2D eigenvalue weighted by molar-refractivity contribution is 5.82. The standard InChI is InChI=1S/C15H29N3O3/c1-3-18(11-12(2)14(16)17-19)13-4-7-21-15(10-13)5-8-20-9-6-15/h12-13,19H,3-11H2,1-2H3,(H2,16,17). The van der Waals surface area contributed by atoms with Crippen molar-refractivity contribution in [2.75, 3.05) is 32.9 Å². The molecule has 2 aliphatic heterocycles. The molecule has 0 amide bonds. The lowest BCUT2D eigenvalue weighted by atomic mass is 9.83. The minimum Gasteiger partial charge on any atom is -0.409 e. The number of nitrogens with two attached hydrogens (primary N) is 1. The smallest absolute Gasteiger partial charge is 0.143 e. The Kier molecular flexibility index (Phi) is 5.84. The van der Waals surface area contributed by atoms with E-state index in [0.717, 1.165) is 58.6 Å². The number of amidine groups is 1. The Labute approximate surface area is 127 Å². The van der Waals surface area contributed by atoms with Gasteiger partial charge < -0.3 is 20.4 Å². The van der Waals surface area contributed by atoms with Crippen molar-refractivity contribution in [1.29, 1.82) is 0 Å². The molecule has 0 aliphatic carbocycles. The Balaban J connectivity index is 1.97. The molecule has 0 aromatic carbocycles. The molecule has 0 aromatic rings. The lowest BCUT2D eigenvalue weighted by Crippen LogP contribution is -2.52. The molecular weight excluding hydrogens is 270 g/mol. The Hall–Kier alpha value is -0.850. The van der Waals surface area contributed by atoms with Crippen molar-refractivity contribution in [3.8, 4) is 0 Å². The van der Waals surface area contributed by atoms with Crippen LogP contribution in [0.25, 0.3) is 0 Å². The van der Waals surface area contributed by atoms with Crippen LogP contribution >= 0.6 is 0 Å². The van der Waals surface area contributed by atoms with Crippen LogP contribution in [0.4, 0.5) is 0 Å². The van der Waals surface area contributed by atoms with Crippen molar-refractivity contribution < 1.29 is 14.7 Å². The van der Waals surface area contributed by atoms with E-state index in [4.69, 9.17) is 20.4 Å². The lowest BCUT2D eigenvalue weighted by molar-refractivity contribution is -0.151. The molecule has 21 heavy (non-hydrogen) atoms. The predicted octanol–water partition coefficient (Wildman–Crippen LogP) is 1.42. The summed E-state index contributed by atoms with van der Waals surface area (Å²) in [5.41, 5.74) is 5.73. The largest absolute Gasteiger partial charge is 0.409 e. The second-order valence-electron chi connectivity index (χ2n) is 6.30. The monoisotopic (exact) mass is 299 g/mol. The maximum atomic E-state index is 8.81. The topological polar surface area (TPSA) is 80.3 Å². The third-order valence-electron chi connectivity index (χ3n) is 4.92. The summed E-state index contributed by atoms with van der Waals surface area (Å²) in [7, 11) is 0. The van der Waals surface area contributed by atoms with Crippen LogP contribution in [0.3, 0.4) is 0 Å². The summed E-state index contributed by atoms with van der Waals surface area (Å²) < 4.78 is 11.6. The normalized spacial score (nSPS) is 28.0. The van der Waals surface area contributed by atoms with Crippen LogP contribution in [0.5, 0.6) is 0 Å². The van der Waals surface area contributed by atoms with Crippen LogP contribution in [-0.2, 0) is 9.47 Å². The van der Waals surface area contributed by atoms with E-state index in [1.807, 2.05) is 6.92 Å². The Morgan fingerprint density at radius 3 is 2.76 bits per heavy atom. The van der Waals surface area contributed by atoms with E-state index in [-0.39, 0.29) is 11.5 Å². The van der Waals surface area contributed by atoms with E-state index in [2.05, 4.69) is 17.0 Å². The fourth-order valence-electron chi connectivity index (χ4n) is 3.49. The van der Waals surface area contributed by atoms with E-state index >= 15 is 0 Å². The molecular formula is C15H29N3O3. The van der Waals surface area contributed by atoms with Crippen molar-refractivity contribution in [2.45, 2.75) is 51.2 Å². The molecule has 2 rings (SSSR count). The summed E-state index contributed by atoms with van der Waals surface area (Å²) in [6.45, 7) is 8.40. The van der Waals surface area contributed by atoms with Gasteiger partial charge in [-0.15, -0.1) is 0 Å². The molecule has 0 aromatic heterocycles. The van der Waals surface area contributed by atoms with Gasteiger partial charge in [-0.25, -0.2) is 0 Å². The van der Waals surface area contributed by atoms with Gasteiger partial charge in [0, 0.05) is 38.3 Å². The number of hydrogen-bond acceptors (Lipinski definition) is 5. The molecule has 3 N–H and O–H groups in total. The highest BCUT2D eigenvalue weighted by atomic mass is 16.5. The number of hydrogen-bond donors (Lipinski definition) is 2. The summed E-state index contributed by atoms with van der Waals surface area (Å²) in [5.74, 6) is 0.365. The van der Waals surface area contributed by atoms with Crippen LogP contribution in [-0.4, -0.2) is 60.5 Å². The third kappa shape index (κ3) is 4.08. The molecule has 2 fully saturated rings. The van der Waals surface area contributed by atoms with Gasteiger partial charge in [-0.3, -0.25) is 4.90 Å². The van der Waals surface area contributed by atoms with Gasteiger partial charge in [0.2, 0.25) is 0 Å². The van der Waals surface area contributed by atoms with Gasteiger partial charge in [0.15, 0.2) is 0 Å². The molecule has 2 saturated heterocycles. The molecule has 122 valence electrons. The molecule has 1 spiro atoms. The van der Waals surface area contributed by atoms with Gasteiger partial charge in [0.05, 0.1) is 5.60 Å². The first kappa shape index (κ1) is 16.5. The molecule has 2 unspecified atom stereocenters. The fourth-order valence-corrected chi connectivity index (χ4v) is 3.49. The lowest BCUT2D eigenvalue weighted by Gasteiger charge is -2.46. The van der Waals surface area contributed by atoms with E-state index < -0.39 is 0 Å². The minimum atomic E-state index is 0.00837. The summed E-state index contributed by atoms with van der Waals surface area (Å²) in [4.78, 5) is 2.45. The van der Waals surface area contributed by atoms with Gasteiger partial charge in [0.25, 0.3) is 0 Å². The Morgan fingerprint density at radius 1 is 1.43 bits per heavy atom. The molecule has 0 bridgehead atoms. The maximum Gasteiger partial charge on any atom is 0.143 e. The minimum absolute atomic E-state index is 0.00837. The average molecular weight is 299 g/mol. The molecule has 0 saturated carbocycles. The zero-order chi connectivity index (χ0) is 15.3. The van der Waals surface area contributed by atoms with E-state index in [9.17, 15) is 0 Å². The first-order valence-corrected chi connectivity index (χ1v) is 8.03. The van der Waals surface area contributed by atoms with Gasteiger partial charge in [0.1, 0.15) is 5.84 Å². The first-order valence-electron chi connectivity index (χ1n) is 8.03. The van der Waals surface area contributed by atoms with Crippen molar-refractivity contribution in [1.82, 2.24) is 4.90 Å². The Morgan fingerprint density at radius 2 is 2.14 bits per heavy atom. The molecule has 2 aliphatic rings. The quantitative estimate of drug-likeness (QED) is 0.347. The van der Waals surface area contributed by atoms with Crippen molar-refractivity contribution in [3.63, 3.8) is 0 Å². The van der Waals surface area contributed by atoms with Gasteiger partial charge in [-0.2, -0.15) is 0 Å². The second kappa shape index (κ2) is 7.42. The summed E-state index contributed by atoms with van der Waals surface area (Å²) in [5, 5.41) is 11.9. The van der Waals surface area contributed by atoms with Gasteiger partial charge >= 0.3 is 0 Å². The summed E-state index contributed by atoms with van der Waals surface area (Å²) in [6, 6.07) is 0.510. The fraction of sp³-hybridized carbons (Fsp3) is 0.933. The predicted molar refractivity (Wildman–Crippen MR) is 81.6 cm³/mol. The van der Waals surface area contributed by atoms with E-state index in [1.54, 1.807) is 0 Å². The van der Waals surface area contributed by atoms with Crippen LogP contribution < -0.4 is 5.73 Å². The molecule has 0 radical (unpaired) electrons. The van der Waals surface area contributed by atoms with E-state index in [1.165, 1.54) is 0 Å². The highest BCUT2D eigenvalue weighted by Gasteiger charge is 2.40. The number of rotatable bonds is 5. The summed E-state index contributed by atoms with van der Waals surface area (Å²) >= 11 is 0. The number of ether oxygens (including phenoxy) is 2. The zero-order valence-corrected chi connectivity index (χ0v) is 13.3. The Bertz CT molecular complexity index is 351. The van der Waals surface area contributed by atoms with Crippen LogP contribution in [0.1, 0.15) is 39.5 Å². The number of nitrogens with zero attached hydrogens (tertiary/aromatic N) is 2. The van der Waals surface area contributed by atoms with Crippen molar-refractivity contribution in [2.24, 2.45) is 16.8 Å². The van der Waals surface area contributed by atoms with Gasteiger partial charge in [-0.1, -0.05) is 19.0 Å². The molecule has 2 heterocycles. The van der Waals surface area contributed by atoms with E-state index in [0.29, 0.717) is 11.9 Å². The third-order valence-corrected chi connectivity index (χ3v) is 4.92. The molecule has 6 heteroatoms. The van der Waals surface area contributed by atoms with Crippen LogP contribution in [0.2, 0.25) is 0 Å². The van der Waals surface area contributed by atoms with Crippen LogP contribution in [0.15, 0.2) is 5.16 Å². The number of oxime groups is 1.